The van der Waals surface area contributed by atoms with Crippen LogP contribution in [0.25, 0.3) is 15.2 Å². The molecular formula is C23H24N6O4S. The number of nitrogens with zero attached hydrogens (tertiary/aromatic N) is 6. The molecule has 0 aliphatic heterocycles. The fourth-order valence-electron chi connectivity index (χ4n) is 3.92. The Balaban J connectivity index is 1.92. The third-order valence-corrected chi connectivity index (χ3v) is 6.83. The molecule has 3 aromatic heterocycles. The molecule has 4 aromatic rings. The first kappa shape index (κ1) is 23.4. The fourth-order valence-corrected chi connectivity index (χ4v) is 5.14. The summed E-state index contributed by atoms with van der Waals surface area (Å²) in [5.41, 5.74) is 0.686. The molecule has 0 saturated heterocycles. The quantitative estimate of drug-likeness (QED) is 0.338. The topological polar surface area (TPSA) is 117 Å². The van der Waals surface area contributed by atoms with E-state index in [0.29, 0.717) is 26.5 Å². The molecule has 0 aliphatic carbocycles. The van der Waals surface area contributed by atoms with Gasteiger partial charge in [0.1, 0.15) is 21.7 Å². The molecule has 0 N–H and O–H groups in total. The highest BCUT2D eigenvalue weighted by atomic mass is 32.1. The van der Waals surface area contributed by atoms with Gasteiger partial charge in [-0.05, 0) is 19.9 Å². The van der Waals surface area contributed by atoms with Crippen molar-refractivity contribution in [3.05, 3.63) is 68.6 Å². The summed E-state index contributed by atoms with van der Waals surface area (Å²) in [6.45, 7) is 4.14. The Hall–Kier alpha value is -3.75. The Morgan fingerprint density at radius 1 is 1.18 bits per heavy atom. The van der Waals surface area contributed by atoms with Crippen molar-refractivity contribution >= 4 is 21.6 Å². The standard InChI is InChI=1S/C23H24N6O4S/c1-4-27-20(30)19-15(2)21(29-25-11-12-26-29)34-22(19)28(23(27)31)14-18(33-13-7-10-24)16-8-5-6-9-17(16)32-3/h5-6,8-9,11-12,18H,4,7,13-14H2,1-3H3/t18-/m0/s1. The van der Waals surface area contributed by atoms with E-state index in [1.54, 1.807) is 31.0 Å². The van der Waals surface area contributed by atoms with E-state index in [1.165, 1.54) is 20.7 Å². The lowest BCUT2D eigenvalue weighted by molar-refractivity contribution is 0.0423. The SMILES string of the molecule is CCn1c(=O)c2c(C)c(-n3nccn3)sc2n(C[C@H](OCCC#N)c2ccccc2OC)c1=O. The largest absolute Gasteiger partial charge is 0.496 e. The molecule has 1 atom stereocenters. The molecule has 3 heterocycles. The molecule has 0 fully saturated rings. The Morgan fingerprint density at radius 3 is 2.59 bits per heavy atom. The van der Waals surface area contributed by atoms with E-state index >= 15 is 0 Å². The Labute approximate surface area is 199 Å². The van der Waals surface area contributed by atoms with Gasteiger partial charge < -0.3 is 9.47 Å². The second-order valence-electron chi connectivity index (χ2n) is 7.48. The Kier molecular flexibility index (Phi) is 6.90. The lowest BCUT2D eigenvalue weighted by atomic mass is 10.1. The van der Waals surface area contributed by atoms with Crippen LogP contribution in [0.2, 0.25) is 0 Å². The van der Waals surface area contributed by atoms with Gasteiger partial charge in [0, 0.05) is 17.7 Å². The Bertz CT molecular complexity index is 1460. The highest BCUT2D eigenvalue weighted by Crippen LogP contribution is 2.33. The molecule has 34 heavy (non-hydrogen) atoms. The number of aromatic nitrogens is 5. The van der Waals surface area contributed by atoms with E-state index in [0.717, 1.165) is 5.56 Å². The number of ether oxygens (including phenoxy) is 2. The fraction of sp³-hybridized carbons (Fsp3) is 0.348. The lowest BCUT2D eigenvalue weighted by Crippen LogP contribution is -2.40. The molecule has 0 spiro atoms. The first-order chi connectivity index (χ1) is 16.5. The van der Waals surface area contributed by atoms with Crippen LogP contribution >= 0.6 is 11.3 Å². The third kappa shape index (κ3) is 4.13. The molecule has 11 heteroatoms. The van der Waals surface area contributed by atoms with Crippen LogP contribution in [0.15, 0.2) is 46.2 Å². The van der Waals surface area contributed by atoms with Crippen molar-refractivity contribution < 1.29 is 9.47 Å². The minimum Gasteiger partial charge on any atom is -0.496 e. The number of para-hydroxylation sites is 1. The van der Waals surface area contributed by atoms with E-state index in [2.05, 4.69) is 16.3 Å². The number of rotatable bonds is 9. The van der Waals surface area contributed by atoms with Crippen LogP contribution in [-0.4, -0.2) is 37.8 Å². The van der Waals surface area contributed by atoms with Crippen molar-refractivity contribution in [2.75, 3.05) is 13.7 Å². The molecule has 0 unspecified atom stereocenters. The summed E-state index contributed by atoms with van der Waals surface area (Å²) in [7, 11) is 1.57. The number of nitriles is 1. The summed E-state index contributed by atoms with van der Waals surface area (Å²) in [6, 6.07) is 9.47. The maximum absolute atomic E-state index is 13.4. The summed E-state index contributed by atoms with van der Waals surface area (Å²) < 4.78 is 14.4. The Morgan fingerprint density at radius 2 is 1.91 bits per heavy atom. The molecule has 4 rings (SSSR count). The van der Waals surface area contributed by atoms with Gasteiger partial charge in [-0.25, -0.2) is 4.79 Å². The zero-order chi connectivity index (χ0) is 24.2. The maximum Gasteiger partial charge on any atom is 0.332 e. The molecule has 0 radical (unpaired) electrons. The molecule has 0 saturated carbocycles. The summed E-state index contributed by atoms with van der Waals surface area (Å²) >= 11 is 1.28. The van der Waals surface area contributed by atoms with Crippen LogP contribution in [0.4, 0.5) is 0 Å². The van der Waals surface area contributed by atoms with Crippen molar-refractivity contribution in [3.63, 3.8) is 0 Å². The number of methoxy groups -OCH3 is 1. The van der Waals surface area contributed by atoms with Crippen molar-refractivity contribution in [2.45, 2.75) is 39.5 Å². The van der Waals surface area contributed by atoms with Gasteiger partial charge in [0.15, 0.2) is 0 Å². The van der Waals surface area contributed by atoms with Crippen LogP contribution < -0.4 is 16.0 Å². The first-order valence-electron chi connectivity index (χ1n) is 10.8. The average molecular weight is 481 g/mol. The predicted molar refractivity (Wildman–Crippen MR) is 128 cm³/mol. The second kappa shape index (κ2) is 10.0. The molecule has 176 valence electrons. The summed E-state index contributed by atoms with van der Waals surface area (Å²) in [4.78, 5) is 28.6. The van der Waals surface area contributed by atoms with Gasteiger partial charge in [-0.3, -0.25) is 13.9 Å². The smallest absolute Gasteiger partial charge is 0.332 e. The molecule has 0 aliphatic rings. The van der Waals surface area contributed by atoms with Gasteiger partial charge in [-0.1, -0.05) is 29.5 Å². The maximum atomic E-state index is 13.4. The van der Waals surface area contributed by atoms with Crippen molar-refractivity contribution in [1.82, 2.24) is 24.1 Å². The summed E-state index contributed by atoms with van der Waals surface area (Å²) in [5.74, 6) is 0.612. The van der Waals surface area contributed by atoms with Crippen LogP contribution in [0, 0.1) is 18.3 Å². The monoisotopic (exact) mass is 480 g/mol. The van der Waals surface area contributed by atoms with Gasteiger partial charge in [0.25, 0.3) is 5.56 Å². The highest BCUT2D eigenvalue weighted by Gasteiger charge is 2.25. The molecule has 10 nitrogen and oxygen atoms in total. The second-order valence-corrected chi connectivity index (χ2v) is 8.46. The number of aryl methyl sites for hydroxylation is 1. The predicted octanol–water partition coefficient (Wildman–Crippen LogP) is 2.81. The molecule has 0 bridgehead atoms. The number of benzene rings is 1. The van der Waals surface area contributed by atoms with Crippen LogP contribution in [0.1, 0.15) is 30.6 Å². The van der Waals surface area contributed by atoms with Crippen molar-refractivity contribution in [3.8, 4) is 16.8 Å². The molecule has 0 amide bonds. The normalized spacial score (nSPS) is 12.1. The van der Waals surface area contributed by atoms with E-state index in [9.17, 15) is 9.59 Å². The van der Waals surface area contributed by atoms with E-state index in [1.807, 2.05) is 31.2 Å². The average Bonchev–Trinajstić information content (AvgIpc) is 3.49. The minimum atomic E-state index is -0.582. The summed E-state index contributed by atoms with van der Waals surface area (Å²) in [5, 5.41) is 18.5. The van der Waals surface area contributed by atoms with Crippen molar-refractivity contribution in [2.24, 2.45) is 0 Å². The van der Waals surface area contributed by atoms with Gasteiger partial charge in [0.2, 0.25) is 0 Å². The van der Waals surface area contributed by atoms with Crippen LogP contribution in [0.3, 0.4) is 0 Å². The van der Waals surface area contributed by atoms with Crippen LogP contribution in [0.5, 0.6) is 5.75 Å². The zero-order valence-electron chi connectivity index (χ0n) is 19.1. The van der Waals surface area contributed by atoms with Gasteiger partial charge in [-0.2, -0.15) is 15.5 Å². The van der Waals surface area contributed by atoms with E-state index in [-0.39, 0.29) is 31.7 Å². The van der Waals surface area contributed by atoms with E-state index in [4.69, 9.17) is 14.7 Å². The van der Waals surface area contributed by atoms with Crippen LogP contribution in [-0.2, 0) is 17.8 Å². The number of thiophene rings is 1. The number of hydrogen-bond acceptors (Lipinski definition) is 8. The van der Waals surface area contributed by atoms with Gasteiger partial charge in [0.05, 0.1) is 50.5 Å². The summed E-state index contributed by atoms with van der Waals surface area (Å²) in [6.07, 6.45) is 2.74. The lowest BCUT2D eigenvalue weighted by Gasteiger charge is -2.22. The van der Waals surface area contributed by atoms with Crippen molar-refractivity contribution in [1.29, 1.82) is 5.26 Å². The third-order valence-electron chi connectivity index (χ3n) is 5.55. The minimum absolute atomic E-state index is 0.132. The number of fused-ring (bicyclic) bond motifs is 1. The molecular weight excluding hydrogens is 456 g/mol. The van der Waals surface area contributed by atoms with Gasteiger partial charge >= 0.3 is 5.69 Å². The number of hydrogen-bond donors (Lipinski definition) is 0. The highest BCUT2D eigenvalue weighted by molar-refractivity contribution is 7.21. The zero-order valence-corrected chi connectivity index (χ0v) is 19.9. The van der Waals surface area contributed by atoms with Gasteiger partial charge in [-0.15, -0.1) is 4.80 Å². The molecule has 1 aromatic carbocycles. The van der Waals surface area contributed by atoms with E-state index < -0.39 is 11.8 Å². The first-order valence-corrected chi connectivity index (χ1v) is 11.6.